The third-order valence-corrected chi connectivity index (χ3v) is 6.14. The van der Waals surface area contributed by atoms with Gasteiger partial charge in [0.2, 0.25) is 0 Å². The molecule has 4 rings (SSSR count). The Morgan fingerprint density at radius 3 is 2.29 bits per heavy atom. The Morgan fingerprint density at radius 1 is 0.941 bits per heavy atom. The number of carbonyl (C=O) groups excluding carboxylic acids is 1. The van der Waals surface area contributed by atoms with Crippen molar-refractivity contribution in [3.05, 3.63) is 42.1 Å². The molecule has 1 N–H and O–H groups in total. The van der Waals surface area contributed by atoms with Gasteiger partial charge in [-0.15, -0.1) is 0 Å². The first kappa shape index (κ1) is 23.5. The summed E-state index contributed by atoms with van der Waals surface area (Å²) in [6.07, 6.45) is 2.14. The van der Waals surface area contributed by atoms with Crippen LogP contribution in [0.5, 0.6) is 23.0 Å². The number of likely N-dealkylation sites (tertiary alicyclic amines) is 1. The fraction of sp³-hybridized carbons (Fsp3) is 0.385. The second kappa shape index (κ2) is 10.1. The van der Waals surface area contributed by atoms with Gasteiger partial charge < -0.3 is 29.2 Å². The summed E-state index contributed by atoms with van der Waals surface area (Å²) in [5, 5.41) is 4.23. The Morgan fingerprint density at radius 2 is 1.62 bits per heavy atom. The van der Waals surface area contributed by atoms with Crippen LogP contribution in [0.15, 0.2) is 36.4 Å². The van der Waals surface area contributed by atoms with Crippen LogP contribution in [-0.2, 0) is 0 Å². The van der Waals surface area contributed by atoms with Crippen molar-refractivity contribution < 1.29 is 23.7 Å². The van der Waals surface area contributed by atoms with Crippen LogP contribution in [0.25, 0.3) is 10.9 Å². The van der Waals surface area contributed by atoms with Crippen molar-refractivity contribution in [2.45, 2.75) is 19.8 Å². The number of hydrogen-bond donors (Lipinski definition) is 1. The van der Waals surface area contributed by atoms with Gasteiger partial charge in [0.05, 0.1) is 39.6 Å². The quantitative estimate of drug-likeness (QED) is 0.532. The van der Waals surface area contributed by atoms with Crippen molar-refractivity contribution in [1.82, 2.24) is 9.88 Å². The van der Waals surface area contributed by atoms with Gasteiger partial charge in [0.15, 0.2) is 23.0 Å². The van der Waals surface area contributed by atoms with Gasteiger partial charge in [0, 0.05) is 36.3 Å². The van der Waals surface area contributed by atoms with Gasteiger partial charge in [-0.1, -0.05) is 6.92 Å². The topological polar surface area (TPSA) is 82.2 Å². The van der Waals surface area contributed by atoms with Crippen LogP contribution in [-0.4, -0.2) is 57.3 Å². The first-order chi connectivity index (χ1) is 16.5. The SMILES string of the molecule is COc1ccc(Nc2cc(C(=O)N3CCCC(C)C3)nc3cc(OC)c(OC)cc23)cc1OC. The average Bonchev–Trinajstić information content (AvgIpc) is 2.87. The smallest absolute Gasteiger partial charge is 0.272 e. The zero-order valence-electron chi connectivity index (χ0n) is 20.3. The molecule has 8 nitrogen and oxygen atoms in total. The van der Waals surface area contributed by atoms with Crippen LogP contribution in [0.2, 0.25) is 0 Å². The predicted octanol–water partition coefficient (Wildman–Crippen LogP) is 4.88. The second-order valence-electron chi connectivity index (χ2n) is 8.47. The number of aromatic nitrogens is 1. The maximum atomic E-state index is 13.4. The van der Waals surface area contributed by atoms with Gasteiger partial charge in [-0.25, -0.2) is 4.98 Å². The number of ether oxygens (including phenoxy) is 4. The molecule has 180 valence electrons. The maximum Gasteiger partial charge on any atom is 0.272 e. The zero-order valence-corrected chi connectivity index (χ0v) is 20.3. The molecule has 0 aliphatic carbocycles. The number of piperidine rings is 1. The molecule has 0 spiro atoms. The Labute approximate surface area is 199 Å². The van der Waals surface area contributed by atoms with E-state index < -0.39 is 0 Å². The van der Waals surface area contributed by atoms with E-state index in [1.165, 1.54) is 0 Å². The summed E-state index contributed by atoms with van der Waals surface area (Å²) in [5.41, 5.74) is 2.53. The molecule has 8 heteroatoms. The number of anilines is 2. The lowest BCUT2D eigenvalue weighted by atomic mass is 10.00. The normalized spacial score (nSPS) is 15.7. The van der Waals surface area contributed by atoms with Gasteiger partial charge in [-0.2, -0.15) is 0 Å². The van der Waals surface area contributed by atoms with E-state index in [0.29, 0.717) is 40.1 Å². The summed E-state index contributed by atoms with van der Waals surface area (Å²) in [5.74, 6) is 2.77. The molecule has 2 aromatic carbocycles. The van der Waals surface area contributed by atoms with E-state index in [2.05, 4.69) is 12.2 Å². The highest BCUT2D eigenvalue weighted by Gasteiger charge is 2.24. The lowest BCUT2D eigenvalue weighted by Gasteiger charge is -2.30. The fourth-order valence-electron chi connectivity index (χ4n) is 4.37. The van der Waals surface area contributed by atoms with Gasteiger partial charge in [-0.3, -0.25) is 4.79 Å². The standard InChI is InChI=1S/C26H31N3O5/c1-16-7-6-10-29(15-16)26(30)21-13-19(27-17-8-9-22(31-2)23(11-17)32-3)18-12-24(33-4)25(34-5)14-20(18)28-21/h8-9,11-14,16H,6-7,10,15H2,1-5H3,(H,27,28). The molecule has 0 radical (unpaired) electrons. The Bertz CT molecular complexity index is 1200. The van der Waals surface area contributed by atoms with Crippen molar-refractivity contribution in [2.75, 3.05) is 46.8 Å². The van der Waals surface area contributed by atoms with Gasteiger partial charge in [0.25, 0.3) is 5.91 Å². The number of rotatable bonds is 7. The molecule has 1 aromatic heterocycles. The minimum atomic E-state index is -0.0707. The highest BCUT2D eigenvalue weighted by molar-refractivity contribution is 6.01. The first-order valence-electron chi connectivity index (χ1n) is 11.3. The van der Waals surface area contributed by atoms with Gasteiger partial charge in [0.1, 0.15) is 5.69 Å². The molecular weight excluding hydrogens is 434 g/mol. The second-order valence-corrected chi connectivity index (χ2v) is 8.47. The highest BCUT2D eigenvalue weighted by atomic mass is 16.5. The van der Waals surface area contributed by atoms with E-state index in [4.69, 9.17) is 23.9 Å². The predicted molar refractivity (Wildman–Crippen MR) is 132 cm³/mol. The summed E-state index contributed by atoms with van der Waals surface area (Å²) >= 11 is 0. The third-order valence-electron chi connectivity index (χ3n) is 6.14. The molecule has 1 atom stereocenters. The van der Waals surface area contributed by atoms with Crippen LogP contribution < -0.4 is 24.3 Å². The number of hydrogen-bond acceptors (Lipinski definition) is 7. The molecule has 0 bridgehead atoms. The van der Waals surface area contributed by atoms with Crippen LogP contribution in [0.3, 0.4) is 0 Å². The third kappa shape index (κ3) is 4.66. The van der Waals surface area contributed by atoms with Gasteiger partial charge >= 0.3 is 0 Å². The molecule has 1 saturated heterocycles. The summed E-state index contributed by atoms with van der Waals surface area (Å²) in [4.78, 5) is 20.0. The number of pyridine rings is 1. The fourth-order valence-corrected chi connectivity index (χ4v) is 4.37. The number of fused-ring (bicyclic) bond motifs is 1. The average molecular weight is 466 g/mol. The van der Waals surface area contributed by atoms with Crippen LogP contribution >= 0.6 is 0 Å². The number of nitrogens with zero attached hydrogens (tertiary/aromatic N) is 2. The lowest BCUT2D eigenvalue weighted by Crippen LogP contribution is -2.39. The van der Waals surface area contributed by atoms with E-state index in [1.807, 2.05) is 29.2 Å². The monoisotopic (exact) mass is 465 g/mol. The number of amides is 1. The molecule has 34 heavy (non-hydrogen) atoms. The molecular formula is C26H31N3O5. The summed E-state index contributed by atoms with van der Waals surface area (Å²) in [7, 11) is 6.36. The molecule has 1 fully saturated rings. The molecule has 1 amide bonds. The zero-order chi connectivity index (χ0) is 24.2. The molecule has 2 heterocycles. The number of nitrogens with one attached hydrogen (secondary N) is 1. The summed E-state index contributed by atoms with van der Waals surface area (Å²) in [6, 6.07) is 11.0. The Balaban J connectivity index is 1.81. The number of carbonyl (C=O) groups is 1. The highest BCUT2D eigenvalue weighted by Crippen LogP contribution is 2.37. The van der Waals surface area contributed by atoms with Crippen molar-refractivity contribution in [3.8, 4) is 23.0 Å². The largest absolute Gasteiger partial charge is 0.493 e. The Kier molecular flexibility index (Phi) is 6.95. The van der Waals surface area contributed by atoms with Crippen molar-refractivity contribution in [2.24, 2.45) is 5.92 Å². The van der Waals surface area contributed by atoms with Crippen molar-refractivity contribution in [3.63, 3.8) is 0 Å². The van der Waals surface area contributed by atoms with Crippen LogP contribution in [0.4, 0.5) is 11.4 Å². The maximum absolute atomic E-state index is 13.4. The molecule has 1 aliphatic rings. The Hall–Kier alpha value is -3.68. The number of benzene rings is 2. The van der Waals surface area contributed by atoms with E-state index in [-0.39, 0.29) is 5.91 Å². The van der Waals surface area contributed by atoms with E-state index in [9.17, 15) is 4.79 Å². The molecule has 0 saturated carbocycles. The van der Waals surface area contributed by atoms with E-state index in [0.717, 1.165) is 42.7 Å². The van der Waals surface area contributed by atoms with Crippen molar-refractivity contribution >= 4 is 28.2 Å². The molecule has 3 aromatic rings. The first-order valence-corrected chi connectivity index (χ1v) is 11.3. The van der Waals surface area contributed by atoms with E-state index >= 15 is 0 Å². The van der Waals surface area contributed by atoms with Crippen molar-refractivity contribution in [1.29, 1.82) is 0 Å². The van der Waals surface area contributed by atoms with E-state index in [1.54, 1.807) is 40.6 Å². The van der Waals surface area contributed by atoms with Crippen LogP contribution in [0, 0.1) is 5.92 Å². The minimum absolute atomic E-state index is 0.0707. The minimum Gasteiger partial charge on any atom is -0.493 e. The molecule has 1 unspecified atom stereocenters. The van der Waals surface area contributed by atoms with Gasteiger partial charge in [-0.05, 0) is 43.0 Å². The van der Waals surface area contributed by atoms with Crippen LogP contribution in [0.1, 0.15) is 30.3 Å². The molecule has 1 aliphatic heterocycles. The summed E-state index contributed by atoms with van der Waals surface area (Å²) < 4.78 is 21.8. The summed E-state index contributed by atoms with van der Waals surface area (Å²) in [6.45, 7) is 3.66. The number of methoxy groups -OCH3 is 4. The lowest BCUT2D eigenvalue weighted by molar-refractivity contribution is 0.0677.